The molecule has 0 unspecified atom stereocenters. The van der Waals surface area contributed by atoms with Gasteiger partial charge >= 0.3 is 0 Å². The Balaban J connectivity index is 2.39. The molecule has 0 bridgehead atoms. The first-order valence-corrected chi connectivity index (χ1v) is 6.22. The molecule has 3 nitrogen and oxygen atoms in total. The molecule has 0 saturated carbocycles. The summed E-state index contributed by atoms with van der Waals surface area (Å²) in [5.41, 5.74) is 1.39. The minimum absolute atomic E-state index is 0.350. The smallest absolute Gasteiger partial charge is 0.150 e. The Morgan fingerprint density at radius 3 is 2.65 bits per heavy atom. The molecule has 0 saturated heterocycles. The molecule has 0 aromatic heterocycles. The van der Waals surface area contributed by atoms with Gasteiger partial charge in [0.2, 0.25) is 0 Å². The molecule has 0 radical (unpaired) electrons. The molecule has 104 valence electrons. The van der Waals surface area contributed by atoms with Crippen LogP contribution in [0.25, 0.3) is 11.1 Å². The second-order valence-electron chi connectivity index (χ2n) is 4.19. The molecule has 0 fully saturated rings. The lowest BCUT2D eigenvalue weighted by atomic mass is 10.0. The highest BCUT2D eigenvalue weighted by Gasteiger charge is 2.11. The average Bonchev–Trinajstić information content (AvgIpc) is 2.49. The normalized spacial score (nSPS) is 10.3. The Kier molecular flexibility index (Phi) is 4.85. The summed E-state index contributed by atoms with van der Waals surface area (Å²) in [6.07, 6.45) is 0.692. The molecular formula is C16H15FO3. The lowest BCUT2D eigenvalue weighted by molar-refractivity contribution is 0.112. The maximum atomic E-state index is 14.0. The van der Waals surface area contributed by atoms with E-state index in [-0.39, 0.29) is 0 Å². The van der Waals surface area contributed by atoms with Gasteiger partial charge in [0.15, 0.2) is 0 Å². The SMILES string of the molecule is COCCOc1ccccc1-c1cc(C=O)ccc1F. The molecule has 4 heteroatoms. The number of benzene rings is 2. The number of methoxy groups -OCH3 is 1. The Labute approximate surface area is 117 Å². The van der Waals surface area contributed by atoms with E-state index in [9.17, 15) is 9.18 Å². The number of aldehydes is 1. The topological polar surface area (TPSA) is 35.5 Å². The van der Waals surface area contributed by atoms with Crippen molar-refractivity contribution in [2.45, 2.75) is 0 Å². The van der Waals surface area contributed by atoms with Crippen molar-refractivity contribution < 1.29 is 18.7 Å². The van der Waals surface area contributed by atoms with Crippen molar-refractivity contribution in [2.75, 3.05) is 20.3 Å². The second kappa shape index (κ2) is 6.82. The van der Waals surface area contributed by atoms with Crippen LogP contribution in [0.5, 0.6) is 5.75 Å². The predicted molar refractivity (Wildman–Crippen MR) is 74.6 cm³/mol. The summed E-state index contributed by atoms with van der Waals surface area (Å²) in [4.78, 5) is 10.8. The van der Waals surface area contributed by atoms with Gasteiger partial charge < -0.3 is 9.47 Å². The van der Waals surface area contributed by atoms with Crippen LogP contribution in [0.4, 0.5) is 4.39 Å². The van der Waals surface area contributed by atoms with Crippen LogP contribution in [0.15, 0.2) is 42.5 Å². The summed E-state index contributed by atoms with van der Waals surface area (Å²) in [5, 5.41) is 0. The minimum atomic E-state index is -0.390. The van der Waals surface area contributed by atoms with Gasteiger partial charge in [0.05, 0.1) is 6.61 Å². The number of hydrogen-bond acceptors (Lipinski definition) is 3. The molecule has 0 heterocycles. The van der Waals surface area contributed by atoms with Gasteiger partial charge in [-0.1, -0.05) is 18.2 Å². The summed E-state index contributed by atoms with van der Waals surface area (Å²) < 4.78 is 24.5. The highest BCUT2D eigenvalue weighted by Crippen LogP contribution is 2.32. The van der Waals surface area contributed by atoms with Crippen LogP contribution in [0, 0.1) is 5.82 Å². The van der Waals surface area contributed by atoms with Crippen molar-refractivity contribution in [1.82, 2.24) is 0 Å². The summed E-state index contributed by atoms with van der Waals surface area (Å²) >= 11 is 0. The van der Waals surface area contributed by atoms with Crippen molar-refractivity contribution in [2.24, 2.45) is 0 Å². The molecule has 2 aromatic rings. The fourth-order valence-electron chi connectivity index (χ4n) is 1.87. The van der Waals surface area contributed by atoms with Crippen LogP contribution in [-0.2, 0) is 4.74 Å². The van der Waals surface area contributed by atoms with E-state index in [1.54, 1.807) is 25.3 Å². The Morgan fingerprint density at radius 1 is 1.10 bits per heavy atom. The van der Waals surface area contributed by atoms with E-state index in [0.717, 1.165) is 0 Å². The number of halogens is 1. The third kappa shape index (κ3) is 3.22. The molecular weight excluding hydrogens is 259 g/mol. The van der Waals surface area contributed by atoms with Crippen molar-refractivity contribution in [1.29, 1.82) is 0 Å². The van der Waals surface area contributed by atoms with E-state index in [1.807, 2.05) is 6.07 Å². The second-order valence-corrected chi connectivity index (χ2v) is 4.19. The lowest BCUT2D eigenvalue weighted by Gasteiger charge is -2.12. The molecule has 2 rings (SSSR count). The molecule has 0 aliphatic rings. The fraction of sp³-hybridized carbons (Fsp3) is 0.188. The Bertz CT molecular complexity index is 596. The van der Waals surface area contributed by atoms with Crippen molar-refractivity contribution in [3.8, 4) is 16.9 Å². The van der Waals surface area contributed by atoms with Crippen LogP contribution >= 0.6 is 0 Å². The zero-order chi connectivity index (χ0) is 14.4. The summed E-state index contributed by atoms with van der Waals surface area (Å²) in [5.74, 6) is 0.171. The number of rotatable bonds is 6. The first kappa shape index (κ1) is 14.2. The van der Waals surface area contributed by atoms with Crippen LogP contribution in [0.3, 0.4) is 0 Å². The van der Waals surface area contributed by atoms with Crippen LogP contribution in [0.2, 0.25) is 0 Å². The quantitative estimate of drug-likeness (QED) is 0.598. The monoisotopic (exact) mass is 274 g/mol. The van der Waals surface area contributed by atoms with Crippen LogP contribution < -0.4 is 4.74 Å². The molecule has 0 N–H and O–H groups in total. The van der Waals surface area contributed by atoms with Gasteiger partial charge in [-0.15, -0.1) is 0 Å². The van der Waals surface area contributed by atoms with Gasteiger partial charge in [-0.3, -0.25) is 4.79 Å². The van der Waals surface area contributed by atoms with Gasteiger partial charge in [0, 0.05) is 23.8 Å². The van der Waals surface area contributed by atoms with E-state index in [1.165, 1.54) is 18.2 Å². The molecule has 0 aliphatic heterocycles. The Morgan fingerprint density at radius 2 is 1.90 bits per heavy atom. The van der Waals surface area contributed by atoms with Gasteiger partial charge in [-0.25, -0.2) is 4.39 Å². The molecule has 0 spiro atoms. The average molecular weight is 274 g/mol. The number of carbonyl (C=O) groups is 1. The largest absolute Gasteiger partial charge is 0.491 e. The van der Waals surface area contributed by atoms with Crippen LogP contribution in [-0.4, -0.2) is 26.6 Å². The number of carbonyl (C=O) groups excluding carboxylic acids is 1. The highest BCUT2D eigenvalue weighted by molar-refractivity contribution is 5.80. The molecule has 0 aliphatic carbocycles. The number of hydrogen-bond donors (Lipinski definition) is 0. The van der Waals surface area contributed by atoms with E-state index in [4.69, 9.17) is 9.47 Å². The highest BCUT2D eigenvalue weighted by atomic mass is 19.1. The first-order chi connectivity index (χ1) is 9.76. The summed E-state index contributed by atoms with van der Waals surface area (Å²) in [6.45, 7) is 0.827. The Hall–Kier alpha value is -2.20. The van der Waals surface area contributed by atoms with Gasteiger partial charge in [0.1, 0.15) is 24.5 Å². The fourth-order valence-corrected chi connectivity index (χ4v) is 1.87. The molecule has 2 aromatic carbocycles. The first-order valence-electron chi connectivity index (χ1n) is 6.22. The molecule has 0 amide bonds. The number of para-hydroxylation sites is 1. The third-order valence-electron chi connectivity index (χ3n) is 2.85. The lowest BCUT2D eigenvalue weighted by Crippen LogP contribution is -2.05. The van der Waals surface area contributed by atoms with E-state index in [2.05, 4.69) is 0 Å². The van der Waals surface area contributed by atoms with Crippen molar-refractivity contribution in [3.63, 3.8) is 0 Å². The number of ether oxygens (including phenoxy) is 2. The zero-order valence-electron chi connectivity index (χ0n) is 11.1. The summed E-state index contributed by atoms with van der Waals surface area (Å²) in [6, 6.07) is 11.4. The molecule has 20 heavy (non-hydrogen) atoms. The maximum absolute atomic E-state index is 14.0. The predicted octanol–water partition coefficient (Wildman–Crippen LogP) is 3.33. The van der Waals surface area contributed by atoms with Crippen LogP contribution in [0.1, 0.15) is 10.4 Å². The molecule has 0 atom stereocenters. The van der Waals surface area contributed by atoms with Gasteiger partial charge in [-0.05, 0) is 24.3 Å². The third-order valence-corrected chi connectivity index (χ3v) is 2.85. The van der Waals surface area contributed by atoms with E-state index in [0.29, 0.717) is 41.9 Å². The van der Waals surface area contributed by atoms with E-state index < -0.39 is 5.82 Å². The maximum Gasteiger partial charge on any atom is 0.150 e. The van der Waals surface area contributed by atoms with E-state index >= 15 is 0 Å². The van der Waals surface area contributed by atoms with Crippen molar-refractivity contribution in [3.05, 3.63) is 53.8 Å². The van der Waals surface area contributed by atoms with Crippen molar-refractivity contribution >= 4 is 6.29 Å². The van der Waals surface area contributed by atoms with Gasteiger partial charge in [-0.2, -0.15) is 0 Å². The minimum Gasteiger partial charge on any atom is -0.491 e. The van der Waals surface area contributed by atoms with Gasteiger partial charge in [0.25, 0.3) is 0 Å². The summed E-state index contributed by atoms with van der Waals surface area (Å²) in [7, 11) is 1.59. The standard InChI is InChI=1S/C16H15FO3/c1-19-8-9-20-16-5-3-2-4-13(16)14-10-12(11-18)6-7-15(14)17/h2-7,10-11H,8-9H2,1H3. The zero-order valence-corrected chi connectivity index (χ0v) is 11.1.